The van der Waals surface area contributed by atoms with Crippen LogP contribution in [0.15, 0.2) is 0 Å². The van der Waals surface area contributed by atoms with Gasteiger partial charge in [0.15, 0.2) is 0 Å². The number of phosphoric ester groups is 1. The second kappa shape index (κ2) is 34.4. The minimum Gasteiger partial charge on any atom is -0.790 e. The van der Waals surface area contributed by atoms with Gasteiger partial charge in [0.25, 0.3) is 0 Å². The predicted molar refractivity (Wildman–Crippen MR) is 111 cm³/mol. The van der Waals surface area contributed by atoms with Gasteiger partial charge in [0.05, 0.1) is 27.6 Å². The SMILES string of the molecule is CCCCCCCCCCCCCCCCOP(=O)([O-])[O-].OCCNCCO.[K+].[K+]. The summed E-state index contributed by atoms with van der Waals surface area (Å²) in [6.07, 6.45) is 17.4. The smallest absolute Gasteiger partial charge is 0.790 e. The molecule has 0 fully saturated rings. The van der Waals surface area contributed by atoms with Crippen LogP contribution >= 0.6 is 7.82 Å². The maximum atomic E-state index is 10.2. The van der Waals surface area contributed by atoms with Gasteiger partial charge in [-0.15, -0.1) is 0 Å². The van der Waals surface area contributed by atoms with Crippen molar-refractivity contribution in [3.63, 3.8) is 0 Å². The maximum Gasteiger partial charge on any atom is 1.00 e. The third-order valence-corrected chi connectivity index (χ3v) is 4.82. The van der Waals surface area contributed by atoms with Crippen LogP contribution in [0.2, 0.25) is 0 Å². The Morgan fingerprint density at radius 3 is 1.33 bits per heavy atom. The standard InChI is InChI=1S/C16H35O4P.C4H11NO2.2K/c1-2-3-4-5-6-7-8-9-10-11-12-13-14-15-16-20-21(17,18)19;6-3-1-5-2-4-7;;/h2-16H2,1H3,(H2,17,18,19);5-7H,1-4H2;;/q;;2*+1/p-2. The Kier molecular flexibility index (Phi) is 46.4. The normalized spacial score (nSPS) is 10.6. The number of aliphatic hydroxyl groups is 2. The molecule has 3 N–H and O–H groups in total. The fraction of sp³-hybridized carbons (Fsp3) is 1.00. The molecule has 0 spiro atoms. The van der Waals surface area contributed by atoms with Gasteiger partial charge in [-0.1, -0.05) is 90.4 Å². The Bertz CT molecular complexity index is 334. The van der Waals surface area contributed by atoms with E-state index in [1.807, 2.05) is 0 Å². The summed E-state index contributed by atoms with van der Waals surface area (Å²) in [6.45, 7) is 3.71. The first kappa shape index (κ1) is 40.4. The first-order chi connectivity index (χ1) is 13.5. The number of rotatable bonds is 20. The van der Waals surface area contributed by atoms with Gasteiger partial charge in [-0.2, -0.15) is 0 Å². The number of phosphoric acid groups is 1. The number of hydrogen-bond acceptors (Lipinski definition) is 7. The van der Waals surface area contributed by atoms with E-state index < -0.39 is 7.82 Å². The molecule has 0 heterocycles. The molecule has 30 heavy (non-hydrogen) atoms. The molecule has 0 rings (SSSR count). The van der Waals surface area contributed by atoms with Crippen LogP contribution in [-0.2, 0) is 9.09 Å². The van der Waals surface area contributed by atoms with E-state index in [1.54, 1.807) is 0 Å². The third kappa shape index (κ3) is 44.9. The van der Waals surface area contributed by atoms with Gasteiger partial charge in [0.1, 0.15) is 0 Å². The van der Waals surface area contributed by atoms with Crippen molar-refractivity contribution in [2.75, 3.05) is 32.9 Å². The van der Waals surface area contributed by atoms with Crippen LogP contribution in [0.4, 0.5) is 0 Å². The molecule has 0 radical (unpaired) electrons. The van der Waals surface area contributed by atoms with Crippen LogP contribution in [0, 0.1) is 0 Å². The summed E-state index contributed by atoms with van der Waals surface area (Å²) >= 11 is 0. The van der Waals surface area contributed by atoms with Gasteiger partial charge in [0, 0.05) is 13.1 Å². The fourth-order valence-electron chi connectivity index (χ4n) is 2.76. The molecule has 0 aliphatic carbocycles. The molecular weight excluding hydrogens is 459 g/mol. The molecule has 0 amide bonds. The van der Waals surface area contributed by atoms with Gasteiger partial charge >= 0.3 is 103 Å². The molecule has 0 aromatic heterocycles. The Morgan fingerprint density at radius 1 is 0.700 bits per heavy atom. The van der Waals surface area contributed by atoms with Crippen molar-refractivity contribution >= 4 is 7.82 Å². The molecule has 0 atom stereocenters. The Hall–Kier alpha value is 3.26. The predicted octanol–water partition coefficient (Wildman–Crippen LogP) is -3.12. The quantitative estimate of drug-likeness (QED) is 0.0912. The summed E-state index contributed by atoms with van der Waals surface area (Å²) in [5, 5.41) is 19.1. The van der Waals surface area contributed by atoms with E-state index in [-0.39, 0.29) is 123 Å². The third-order valence-electron chi connectivity index (χ3n) is 4.32. The van der Waals surface area contributed by atoms with E-state index in [4.69, 9.17) is 10.2 Å². The average Bonchev–Trinajstić information content (AvgIpc) is 2.65. The molecule has 0 aromatic rings. The van der Waals surface area contributed by atoms with Gasteiger partial charge in [-0.05, 0) is 6.42 Å². The van der Waals surface area contributed by atoms with E-state index >= 15 is 0 Å². The van der Waals surface area contributed by atoms with E-state index in [1.165, 1.54) is 70.6 Å². The van der Waals surface area contributed by atoms with Gasteiger partial charge < -0.3 is 34.4 Å². The molecule has 0 unspecified atom stereocenters. The minimum absolute atomic E-state index is 0. The van der Waals surface area contributed by atoms with E-state index in [9.17, 15) is 14.4 Å². The molecule has 0 bridgehead atoms. The molecule has 172 valence electrons. The zero-order chi connectivity index (χ0) is 21.3. The fourth-order valence-corrected chi connectivity index (χ4v) is 3.11. The van der Waals surface area contributed by atoms with Crippen molar-refractivity contribution in [3.8, 4) is 0 Å². The van der Waals surface area contributed by atoms with Crippen molar-refractivity contribution < 1.29 is 132 Å². The average molecular weight is 504 g/mol. The molecule has 0 aromatic carbocycles. The van der Waals surface area contributed by atoms with Crippen LogP contribution in [0.5, 0.6) is 0 Å². The summed E-state index contributed by atoms with van der Waals surface area (Å²) in [5.41, 5.74) is 0. The molecule has 0 saturated heterocycles. The molecular formula is C20H44K2NO6P. The van der Waals surface area contributed by atoms with Crippen molar-refractivity contribution in [1.82, 2.24) is 5.32 Å². The molecule has 10 heteroatoms. The summed E-state index contributed by atoms with van der Waals surface area (Å²) in [7, 11) is -4.75. The second-order valence-electron chi connectivity index (χ2n) is 7.07. The summed E-state index contributed by atoms with van der Waals surface area (Å²) in [6, 6.07) is 0. The zero-order valence-electron chi connectivity index (χ0n) is 19.9. The Morgan fingerprint density at radius 2 is 1.03 bits per heavy atom. The zero-order valence-corrected chi connectivity index (χ0v) is 27.1. The number of aliphatic hydroxyl groups excluding tert-OH is 2. The van der Waals surface area contributed by atoms with Gasteiger partial charge in [0.2, 0.25) is 0 Å². The van der Waals surface area contributed by atoms with E-state index in [2.05, 4.69) is 16.8 Å². The minimum atomic E-state index is -4.75. The summed E-state index contributed by atoms with van der Waals surface area (Å²) in [5.74, 6) is 0. The van der Waals surface area contributed by atoms with Crippen LogP contribution < -0.4 is 118 Å². The second-order valence-corrected chi connectivity index (χ2v) is 8.23. The maximum absolute atomic E-state index is 10.2. The van der Waals surface area contributed by atoms with E-state index in [0.29, 0.717) is 19.5 Å². The Balaban J connectivity index is -0.000000323. The largest absolute Gasteiger partial charge is 1.00 e. The molecule has 0 aliphatic rings. The number of nitrogens with one attached hydrogen (secondary N) is 1. The van der Waals surface area contributed by atoms with E-state index in [0.717, 1.165) is 12.8 Å². The molecule has 7 nitrogen and oxygen atoms in total. The summed E-state index contributed by atoms with van der Waals surface area (Å²) < 4.78 is 14.4. The van der Waals surface area contributed by atoms with Crippen molar-refractivity contribution in [2.24, 2.45) is 0 Å². The first-order valence-corrected chi connectivity index (χ1v) is 12.5. The summed E-state index contributed by atoms with van der Waals surface area (Å²) in [4.78, 5) is 20.4. The van der Waals surface area contributed by atoms with Gasteiger partial charge in [-0.25, -0.2) is 0 Å². The van der Waals surface area contributed by atoms with Crippen molar-refractivity contribution in [1.29, 1.82) is 0 Å². The molecule has 0 saturated carbocycles. The van der Waals surface area contributed by atoms with Crippen molar-refractivity contribution in [2.45, 2.75) is 96.8 Å². The topological polar surface area (TPSA) is 125 Å². The van der Waals surface area contributed by atoms with Crippen LogP contribution in [0.1, 0.15) is 96.8 Å². The van der Waals surface area contributed by atoms with Crippen LogP contribution in [0.25, 0.3) is 0 Å². The monoisotopic (exact) mass is 503 g/mol. The first-order valence-electron chi connectivity index (χ1n) is 11.1. The number of unbranched alkanes of at least 4 members (excludes halogenated alkanes) is 13. The number of hydrogen-bond donors (Lipinski definition) is 3. The van der Waals surface area contributed by atoms with Crippen LogP contribution in [-0.4, -0.2) is 43.1 Å². The Labute approximate surface area is 270 Å². The molecule has 0 aliphatic heterocycles. The van der Waals surface area contributed by atoms with Crippen molar-refractivity contribution in [3.05, 3.63) is 0 Å². The van der Waals surface area contributed by atoms with Gasteiger partial charge in [-0.3, -0.25) is 0 Å². The van der Waals surface area contributed by atoms with Crippen LogP contribution in [0.3, 0.4) is 0 Å².